The van der Waals surface area contributed by atoms with E-state index >= 15 is 0 Å². The molecule has 0 unspecified atom stereocenters. The zero-order valence-corrected chi connectivity index (χ0v) is 11.0. The molecule has 0 atom stereocenters. The average molecular weight is 266 g/mol. The molecule has 1 saturated carbocycles. The number of hydrogen-bond acceptors (Lipinski definition) is 3. The smallest absolute Gasteiger partial charge is 0.144 e. The molecule has 2 heterocycles. The van der Waals surface area contributed by atoms with Crippen LogP contribution in [-0.4, -0.2) is 14.5 Å². The largest absolute Gasteiger partial charge is 0.304 e. The highest BCUT2D eigenvalue weighted by Gasteiger charge is 2.26. The van der Waals surface area contributed by atoms with Gasteiger partial charge >= 0.3 is 0 Å². The summed E-state index contributed by atoms with van der Waals surface area (Å²) < 4.78 is 1.98. The summed E-state index contributed by atoms with van der Waals surface area (Å²) in [5, 5.41) is 0.426. The van der Waals surface area contributed by atoms with Gasteiger partial charge in [-0.05, 0) is 25.3 Å². The van der Waals surface area contributed by atoms with Gasteiger partial charge in [-0.3, -0.25) is 0 Å². The van der Waals surface area contributed by atoms with Crippen LogP contribution < -0.4 is 0 Å². The fraction of sp³-hybridized carbons (Fsp3) is 0.333. The SMILES string of the molecule is Cc1cnc(Cl)c(S)c1-n1cnc(C2CC2)c1. The number of aromatic nitrogens is 3. The maximum Gasteiger partial charge on any atom is 0.144 e. The van der Waals surface area contributed by atoms with Gasteiger partial charge in [-0.1, -0.05) is 11.6 Å². The van der Waals surface area contributed by atoms with Crippen LogP contribution in [0.5, 0.6) is 0 Å². The number of imidazole rings is 1. The quantitative estimate of drug-likeness (QED) is 0.666. The molecular formula is C12H12ClN3S. The van der Waals surface area contributed by atoms with Gasteiger partial charge in [0, 0.05) is 18.3 Å². The van der Waals surface area contributed by atoms with Crippen LogP contribution in [0, 0.1) is 6.92 Å². The summed E-state index contributed by atoms with van der Waals surface area (Å²) >= 11 is 10.4. The van der Waals surface area contributed by atoms with Gasteiger partial charge < -0.3 is 4.57 Å². The van der Waals surface area contributed by atoms with Crippen molar-refractivity contribution >= 4 is 24.2 Å². The summed E-state index contributed by atoms with van der Waals surface area (Å²) in [7, 11) is 0. The van der Waals surface area contributed by atoms with Crippen LogP contribution in [0.2, 0.25) is 5.15 Å². The average Bonchev–Trinajstić information content (AvgIpc) is 3.05. The minimum Gasteiger partial charge on any atom is -0.304 e. The third-order valence-electron chi connectivity index (χ3n) is 3.02. The Balaban J connectivity index is 2.10. The molecule has 0 aliphatic heterocycles. The molecule has 0 saturated heterocycles. The predicted octanol–water partition coefficient (Wildman–Crippen LogP) is 3.40. The zero-order chi connectivity index (χ0) is 12.0. The molecule has 3 nitrogen and oxygen atoms in total. The molecule has 0 spiro atoms. The molecule has 3 rings (SSSR count). The van der Waals surface area contributed by atoms with Gasteiger partial charge in [0.15, 0.2) is 0 Å². The van der Waals surface area contributed by atoms with Gasteiger partial charge in [-0.25, -0.2) is 9.97 Å². The second kappa shape index (κ2) is 4.03. The van der Waals surface area contributed by atoms with Gasteiger partial charge in [-0.2, -0.15) is 0 Å². The maximum absolute atomic E-state index is 6.00. The van der Waals surface area contributed by atoms with Gasteiger partial charge in [-0.15, -0.1) is 12.6 Å². The van der Waals surface area contributed by atoms with E-state index in [4.69, 9.17) is 11.6 Å². The van der Waals surface area contributed by atoms with E-state index in [0.717, 1.165) is 16.9 Å². The minimum atomic E-state index is 0.426. The van der Waals surface area contributed by atoms with E-state index < -0.39 is 0 Å². The lowest BCUT2D eigenvalue weighted by molar-refractivity contribution is 0.984. The first-order valence-corrected chi connectivity index (χ1v) is 6.37. The maximum atomic E-state index is 6.00. The van der Waals surface area contributed by atoms with Crippen LogP contribution in [0.4, 0.5) is 0 Å². The lowest BCUT2D eigenvalue weighted by Crippen LogP contribution is -1.98. The molecule has 1 aliphatic carbocycles. The Hall–Kier alpha value is -1.00. The Kier molecular flexibility index (Phi) is 2.64. The van der Waals surface area contributed by atoms with Crippen molar-refractivity contribution in [2.24, 2.45) is 0 Å². The van der Waals surface area contributed by atoms with Gasteiger partial charge in [0.1, 0.15) is 5.15 Å². The monoisotopic (exact) mass is 265 g/mol. The first-order valence-electron chi connectivity index (χ1n) is 5.55. The van der Waals surface area contributed by atoms with Crippen LogP contribution >= 0.6 is 24.2 Å². The Morgan fingerprint density at radius 3 is 2.88 bits per heavy atom. The number of pyridine rings is 1. The summed E-state index contributed by atoms with van der Waals surface area (Å²) in [5.74, 6) is 0.650. The van der Waals surface area contributed by atoms with Crippen LogP contribution in [0.15, 0.2) is 23.6 Å². The molecule has 0 aromatic carbocycles. The lowest BCUT2D eigenvalue weighted by Gasteiger charge is -2.10. The summed E-state index contributed by atoms with van der Waals surface area (Å²) in [6.07, 6.45) is 8.15. The molecule has 2 aromatic rings. The fourth-order valence-corrected chi connectivity index (χ4v) is 2.42. The van der Waals surface area contributed by atoms with E-state index in [9.17, 15) is 0 Å². The van der Waals surface area contributed by atoms with Crippen molar-refractivity contribution in [2.75, 3.05) is 0 Å². The van der Waals surface area contributed by atoms with Crippen molar-refractivity contribution < 1.29 is 0 Å². The van der Waals surface area contributed by atoms with E-state index in [2.05, 4.69) is 28.8 Å². The molecule has 5 heteroatoms. The number of hydrogen-bond donors (Lipinski definition) is 1. The van der Waals surface area contributed by atoms with Crippen LogP contribution in [0.1, 0.15) is 30.0 Å². The first kappa shape index (κ1) is 11.1. The Morgan fingerprint density at radius 2 is 2.18 bits per heavy atom. The Labute approximate surface area is 110 Å². The molecule has 0 bridgehead atoms. The van der Waals surface area contributed by atoms with Gasteiger partial charge in [0.05, 0.1) is 22.6 Å². The van der Waals surface area contributed by atoms with Crippen molar-refractivity contribution in [3.05, 3.63) is 35.1 Å². The van der Waals surface area contributed by atoms with Gasteiger partial charge in [0.2, 0.25) is 0 Å². The summed E-state index contributed by atoms with van der Waals surface area (Å²) in [5.41, 5.74) is 3.16. The fourth-order valence-electron chi connectivity index (χ4n) is 1.94. The first-order chi connectivity index (χ1) is 8.16. The molecule has 88 valence electrons. The second-order valence-corrected chi connectivity index (χ2v) is 5.21. The van der Waals surface area contributed by atoms with E-state index in [1.807, 2.05) is 17.8 Å². The lowest BCUT2D eigenvalue weighted by atomic mass is 10.2. The molecule has 0 N–H and O–H groups in total. The van der Waals surface area contributed by atoms with Crippen molar-refractivity contribution in [1.82, 2.24) is 14.5 Å². The van der Waals surface area contributed by atoms with Crippen molar-refractivity contribution in [2.45, 2.75) is 30.6 Å². The van der Waals surface area contributed by atoms with E-state index in [1.54, 1.807) is 6.20 Å². The van der Waals surface area contributed by atoms with Crippen LogP contribution in [0.25, 0.3) is 5.69 Å². The zero-order valence-electron chi connectivity index (χ0n) is 9.39. The summed E-state index contributed by atoms with van der Waals surface area (Å²) in [6.45, 7) is 2.00. The number of halogens is 1. The van der Waals surface area contributed by atoms with E-state index in [0.29, 0.717) is 16.0 Å². The normalized spacial score (nSPS) is 15.2. The number of nitrogens with zero attached hydrogens (tertiary/aromatic N) is 3. The predicted molar refractivity (Wildman–Crippen MR) is 70.3 cm³/mol. The molecule has 1 fully saturated rings. The third kappa shape index (κ3) is 1.96. The Morgan fingerprint density at radius 1 is 1.41 bits per heavy atom. The summed E-state index contributed by atoms with van der Waals surface area (Å²) in [4.78, 5) is 9.21. The second-order valence-electron chi connectivity index (χ2n) is 4.41. The highest BCUT2D eigenvalue weighted by molar-refractivity contribution is 7.80. The highest BCUT2D eigenvalue weighted by atomic mass is 35.5. The van der Waals surface area contributed by atoms with Gasteiger partial charge in [0.25, 0.3) is 0 Å². The van der Waals surface area contributed by atoms with E-state index in [1.165, 1.54) is 12.8 Å². The minimum absolute atomic E-state index is 0.426. The number of aryl methyl sites for hydroxylation is 1. The topological polar surface area (TPSA) is 30.7 Å². The highest BCUT2D eigenvalue weighted by Crippen LogP contribution is 2.39. The van der Waals surface area contributed by atoms with Crippen molar-refractivity contribution in [1.29, 1.82) is 0 Å². The molecule has 0 radical (unpaired) electrons. The molecule has 2 aromatic heterocycles. The molecule has 17 heavy (non-hydrogen) atoms. The molecule has 0 amide bonds. The van der Waals surface area contributed by atoms with Crippen LogP contribution in [-0.2, 0) is 0 Å². The standard InChI is InChI=1S/C12H12ClN3S/c1-7-4-14-12(13)11(17)10(7)16-5-9(15-6-16)8-2-3-8/h4-6,8,17H,2-3H2,1H3. The van der Waals surface area contributed by atoms with Crippen molar-refractivity contribution in [3.63, 3.8) is 0 Å². The van der Waals surface area contributed by atoms with Crippen LogP contribution in [0.3, 0.4) is 0 Å². The summed E-state index contributed by atoms with van der Waals surface area (Å²) in [6, 6.07) is 0. The number of rotatable bonds is 2. The third-order valence-corrected chi connectivity index (χ3v) is 3.86. The van der Waals surface area contributed by atoms with Crippen molar-refractivity contribution in [3.8, 4) is 5.69 Å². The van der Waals surface area contributed by atoms with E-state index in [-0.39, 0.29) is 0 Å². The molecular weight excluding hydrogens is 254 g/mol. The Bertz CT molecular complexity index is 575. The molecule has 1 aliphatic rings. The number of thiol groups is 1.